The molecule has 2 saturated carbocycles. The number of aryl methyl sites for hydroxylation is 1. The molecule has 0 bridgehead atoms. The third-order valence-electron chi connectivity index (χ3n) is 8.92. The van der Waals surface area contributed by atoms with Gasteiger partial charge in [0.1, 0.15) is 5.82 Å². The van der Waals surface area contributed by atoms with Crippen molar-refractivity contribution in [2.24, 2.45) is 5.41 Å². The fraction of sp³-hybridized carbons (Fsp3) is 0.433. The Balaban J connectivity index is 1.31. The highest BCUT2D eigenvalue weighted by Crippen LogP contribution is 2.59. The molecule has 7 heteroatoms. The normalized spacial score (nSPS) is 24.4. The summed E-state index contributed by atoms with van der Waals surface area (Å²) in [4.78, 5) is 17.3. The van der Waals surface area contributed by atoms with Crippen LogP contribution in [0, 0.1) is 11.2 Å². The summed E-state index contributed by atoms with van der Waals surface area (Å²) >= 11 is 0. The summed E-state index contributed by atoms with van der Waals surface area (Å²) in [5, 5.41) is 16.8. The molecule has 0 saturated heterocycles. The van der Waals surface area contributed by atoms with Crippen LogP contribution in [0.2, 0.25) is 0 Å². The number of hydrogen-bond donors (Lipinski definition) is 1. The van der Waals surface area contributed by atoms with E-state index in [0.717, 1.165) is 48.2 Å². The molecule has 2 aromatic heterocycles. The van der Waals surface area contributed by atoms with Crippen molar-refractivity contribution in [3.05, 3.63) is 82.2 Å². The highest BCUT2D eigenvalue weighted by atomic mass is 19.1. The number of aromatic nitrogens is 3. The molecule has 1 aromatic carbocycles. The third-order valence-corrected chi connectivity index (χ3v) is 8.92. The summed E-state index contributed by atoms with van der Waals surface area (Å²) in [5.41, 5.74) is 5.15. The van der Waals surface area contributed by atoms with E-state index in [2.05, 4.69) is 23.1 Å². The second-order valence-electron chi connectivity index (χ2n) is 10.7. The van der Waals surface area contributed by atoms with Gasteiger partial charge in [0.2, 0.25) is 0 Å². The molecule has 3 aliphatic rings. The first kappa shape index (κ1) is 24.0. The van der Waals surface area contributed by atoms with Crippen LogP contribution < -0.4 is 0 Å². The van der Waals surface area contributed by atoms with Gasteiger partial charge in [-0.15, -0.1) is 0 Å². The van der Waals surface area contributed by atoms with Crippen LogP contribution in [-0.2, 0) is 17.6 Å². The van der Waals surface area contributed by atoms with Crippen molar-refractivity contribution < 1.29 is 19.0 Å². The molecule has 0 radical (unpaired) electrons. The smallest absolute Gasteiger partial charge is 0.340 e. The second kappa shape index (κ2) is 8.91. The van der Waals surface area contributed by atoms with E-state index >= 15 is 0 Å². The van der Waals surface area contributed by atoms with E-state index < -0.39 is 11.0 Å². The molecular formula is C30H32FN3O3. The summed E-state index contributed by atoms with van der Waals surface area (Å²) in [5.74, 6) is -0.220. The Bertz CT molecular complexity index is 1390. The lowest BCUT2D eigenvalue weighted by molar-refractivity contribution is -0.0570. The minimum atomic E-state index is -0.923. The number of pyridine rings is 1. The molecular weight excluding hydrogens is 469 g/mol. The number of rotatable bonds is 7. The van der Waals surface area contributed by atoms with Crippen molar-refractivity contribution in [1.29, 1.82) is 0 Å². The van der Waals surface area contributed by atoms with Gasteiger partial charge in [0.05, 0.1) is 41.5 Å². The van der Waals surface area contributed by atoms with Gasteiger partial charge >= 0.3 is 5.97 Å². The minimum Gasteiger partial charge on any atom is -0.465 e. The summed E-state index contributed by atoms with van der Waals surface area (Å²) in [6, 6.07) is 8.29. The first-order valence-corrected chi connectivity index (χ1v) is 13.2. The largest absolute Gasteiger partial charge is 0.465 e. The number of aliphatic hydroxyl groups is 1. The van der Waals surface area contributed by atoms with Crippen molar-refractivity contribution in [3.63, 3.8) is 0 Å². The van der Waals surface area contributed by atoms with E-state index in [4.69, 9.17) is 4.74 Å². The van der Waals surface area contributed by atoms with Gasteiger partial charge in [-0.3, -0.25) is 4.98 Å². The number of hydrogen-bond acceptors (Lipinski definition) is 5. The highest BCUT2D eigenvalue weighted by molar-refractivity contribution is 5.92. The number of benzene rings is 1. The zero-order chi connectivity index (χ0) is 25.8. The van der Waals surface area contributed by atoms with E-state index in [1.54, 1.807) is 18.3 Å². The van der Waals surface area contributed by atoms with Gasteiger partial charge in [-0.25, -0.2) is 13.9 Å². The van der Waals surface area contributed by atoms with Crippen molar-refractivity contribution in [1.82, 2.24) is 14.8 Å². The van der Waals surface area contributed by atoms with Crippen LogP contribution in [0.15, 0.2) is 48.3 Å². The number of nitrogens with zero attached hydrogens (tertiary/aromatic N) is 3. The Kier molecular flexibility index (Phi) is 5.79. The van der Waals surface area contributed by atoms with Crippen LogP contribution in [-0.4, -0.2) is 38.6 Å². The molecule has 0 spiro atoms. The Hall–Kier alpha value is -3.32. The van der Waals surface area contributed by atoms with Crippen molar-refractivity contribution in [3.8, 4) is 5.69 Å². The molecule has 0 unspecified atom stereocenters. The van der Waals surface area contributed by atoms with E-state index in [1.807, 2.05) is 16.9 Å². The predicted molar refractivity (Wildman–Crippen MR) is 138 cm³/mol. The molecule has 6 rings (SSSR count). The molecule has 6 nitrogen and oxygen atoms in total. The van der Waals surface area contributed by atoms with Crippen LogP contribution in [0.1, 0.15) is 84.2 Å². The predicted octanol–water partition coefficient (Wildman–Crippen LogP) is 5.56. The van der Waals surface area contributed by atoms with Gasteiger partial charge in [-0.1, -0.05) is 12.5 Å². The maximum Gasteiger partial charge on any atom is 0.340 e. The van der Waals surface area contributed by atoms with Gasteiger partial charge in [0.15, 0.2) is 0 Å². The monoisotopic (exact) mass is 501 g/mol. The van der Waals surface area contributed by atoms with Gasteiger partial charge < -0.3 is 9.84 Å². The van der Waals surface area contributed by atoms with Crippen LogP contribution in [0.25, 0.3) is 11.8 Å². The Labute approximate surface area is 216 Å². The number of carbonyl (C=O) groups is 1. The lowest BCUT2D eigenvalue weighted by atomic mass is 9.63. The Morgan fingerprint density at radius 3 is 2.73 bits per heavy atom. The lowest BCUT2D eigenvalue weighted by Gasteiger charge is -2.45. The summed E-state index contributed by atoms with van der Waals surface area (Å²) in [7, 11) is 1.41. The molecule has 2 atom stereocenters. The topological polar surface area (TPSA) is 77.2 Å². The van der Waals surface area contributed by atoms with Crippen molar-refractivity contribution in [2.45, 2.75) is 69.8 Å². The molecule has 2 heterocycles. The van der Waals surface area contributed by atoms with Gasteiger partial charge in [0.25, 0.3) is 0 Å². The maximum absolute atomic E-state index is 13.5. The van der Waals surface area contributed by atoms with E-state index in [0.29, 0.717) is 42.9 Å². The lowest BCUT2D eigenvalue weighted by Crippen LogP contribution is -2.47. The number of carbonyl (C=O) groups excluding carboxylic acids is 1. The van der Waals surface area contributed by atoms with Crippen LogP contribution in [0.4, 0.5) is 4.39 Å². The molecule has 37 heavy (non-hydrogen) atoms. The molecule has 0 aliphatic heterocycles. The van der Waals surface area contributed by atoms with Gasteiger partial charge in [-0.2, -0.15) is 5.10 Å². The minimum absolute atomic E-state index is 0.276. The van der Waals surface area contributed by atoms with E-state index in [9.17, 15) is 14.3 Å². The fourth-order valence-electron chi connectivity index (χ4n) is 6.72. The number of ether oxygens (including phenoxy) is 1. The number of methoxy groups -OCH3 is 1. The first-order valence-electron chi connectivity index (χ1n) is 13.2. The van der Waals surface area contributed by atoms with Crippen LogP contribution in [0.3, 0.4) is 0 Å². The molecule has 3 aromatic rings. The van der Waals surface area contributed by atoms with E-state index in [-0.39, 0.29) is 11.8 Å². The SMILES string of the molecule is CC[C@]12Cc3cnn(-c4ccc(F)cc4)c3C=C1CC[C@@]2(O)CCc1nccc(C2CC2)c1C(=O)OC. The zero-order valence-electron chi connectivity index (χ0n) is 21.3. The Morgan fingerprint density at radius 1 is 1.24 bits per heavy atom. The molecule has 0 amide bonds. The molecule has 1 N–H and O–H groups in total. The zero-order valence-corrected chi connectivity index (χ0v) is 21.3. The maximum atomic E-state index is 13.5. The number of esters is 1. The number of fused-ring (bicyclic) bond motifs is 2. The fourth-order valence-corrected chi connectivity index (χ4v) is 6.72. The standard InChI is InChI=1S/C30H32FN3O3/c1-3-29-17-20-18-33-34(23-8-6-22(31)7-9-23)26(20)16-21(29)10-13-30(29,36)14-11-25-27(28(35)37-2)24(12-15-32-25)19-4-5-19/h6-9,12,15-16,18-19,36H,3-5,10-11,13-14,17H2,1-2H3/t29-,30+/m0/s1. The average Bonchev–Trinajstić information content (AvgIpc) is 3.63. The quantitative estimate of drug-likeness (QED) is 0.429. The average molecular weight is 502 g/mol. The molecule has 2 fully saturated rings. The summed E-state index contributed by atoms with van der Waals surface area (Å²) < 4.78 is 20.5. The molecule has 3 aliphatic carbocycles. The molecule has 192 valence electrons. The van der Waals surface area contributed by atoms with Crippen molar-refractivity contribution >= 4 is 12.0 Å². The highest BCUT2D eigenvalue weighted by Gasteiger charge is 2.56. The van der Waals surface area contributed by atoms with Gasteiger partial charge in [-0.05, 0) is 105 Å². The first-order chi connectivity index (χ1) is 17.9. The van der Waals surface area contributed by atoms with Gasteiger partial charge in [0, 0.05) is 11.6 Å². The number of halogens is 1. The third kappa shape index (κ3) is 3.82. The van der Waals surface area contributed by atoms with Crippen LogP contribution >= 0.6 is 0 Å². The van der Waals surface area contributed by atoms with Crippen LogP contribution in [0.5, 0.6) is 0 Å². The van der Waals surface area contributed by atoms with Crippen molar-refractivity contribution in [2.75, 3.05) is 7.11 Å². The van der Waals surface area contributed by atoms with E-state index in [1.165, 1.54) is 24.8 Å². The second-order valence-corrected chi connectivity index (χ2v) is 10.7. The Morgan fingerprint density at radius 2 is 2.03 bits per heavy atom. The summed E-state index contributed by atoms with van der Waals surface area (Å²) in [6.07, 6.45) is 12.0. The summed E-state index contributed by atoms with van der Waals surface area (Å²) in [6.45, 7) is 2.14.